The first kappa shape index (κ1) is 16.3. The number of nitrogens with one attached hydrogen (secondary N) is 1. The number of halogens is 5. The Morgan fingerprint density at radius 1 is 0.905 bits per heavy atom. The molecule has 112 valence electrons. The average molecular weight is 351 g/mol. The zero-order chi connectivity index (χ0) is 15.7. The number of rotatable bonds is 3. The number of hydrogen-bond donors (Lipinski definition) is 1. The number of hydrogen-bond acceptors (Lipinski definition) is 1. The van der Waals surface area contributed by atoms with Crippen LogP contribution >= 0.6 is 34.8 Å². The fourth-order valence-corrected chi connectivity index (χ4v) is 2.54. The van der Waals surface area contributed by atoms with Gasteiger partial charge in [-0.15, -0.1) is 0 Å². The van der Waals surface area contributed by atoms with E-state index in [0.717, 1.165) is 0 Å². The summed E-state index contributed by atoms with van der Waals surface area (Å²) in [4.78, 5) is 0. The number of benzene rings is 2. The van der Waals surface area contributed by atoms with Gasteiger partial charge in [0.2, 0.25) is 0 Å². The summed E-state index contributed by atoms with van der Waals surface area (Å²) in [6, 6.07) is 4.89. The van der Waals surface area contributed by atoms with E-state index in [4.69, 9.17) is 34.8 Å². The molecule has 0 radical (unpaired) electrons. The molecule has 6 heteroatoms. The van der Waals surface area contributed by atoms with Gasteiger partial charge in [0.25, 0.3) is 0 Å². The smallest absolute Gasteiger partial charge is 0.128 e. The molecule has 2 rings (SSSR count). The van der Waals surface area contributed by atoms with Crippen molar-refractivity contribution in [3.05, 3.63) is 62.1 Å². The van der Waals surface area contributed by atoms with E-state index in [0.29, 0.717) is 20.8 Å². The lowest BCUT2D eigenvalue weighted by atomic mass is 10.0. The molecule has 0 fully saturated rings. The van der Waals surface area contributed by atoms with Crippen LogP contribution in [0.2, 0.25) is 15.1 Å². The van der Waals surface area contributed by atoms with E-state index >= 15 is 0 Å². The van der Waals surface area contributed by atoms with Gasteiger partial charge in [0.05, 0.1) is 26.8 Å². The lowest BCUT2D eigenvalue weighted by Gasteiger charge is -2.18. The molecule has 1 nitrogen and oxygen atoms in total. The summed E-state index contributed by atoms with van der Waals surface area (Å²) >= 11 is 17.8. The number of aryl methyl sites for hydroxylation is 1. The van der Waals surface area contributed by atoms with Crippen LogP contribution < -0.4 is 5.32 Å². The van der Waals surface area contributed by atoms with Gasteiger partial charge in [-0.2, -0.15) is 0 Å². The summed E-state index contributed by atoms with van der Waals surface area (Å²) in [5, 5.41) is 4.00. The Hall–Kier alpha value is -1.03. The molecule has 1 unspecified atom stereocenters. The topological polar surface area (TPSA) is 12.0 Å². The molecule has 0 amide bonds. The second kappa shape index (κ2) is 6.39. The summed E-state index contributed by atoms with van der Waals surface area (Å²) in [7, 11) is 0. The molecule has 0 saturated heterocycles. The Kier molecular flexibility index (Phi) is 4.97. The van der Waals surface area contributed by atoms with Gasteiger partial charge < -0.3 is 5.32 Å². The summed E-state index contributed by atoms with van der Waals surface area (Å²) < 4.78 is 27.5. The van der Waals surface area contributed by atoms with Crippen LogP contribution in [0.25, 0.3) is 0 Å². The standard InChI is InChI=1S/C15H12Cl3F2N/c1-7-3-14(20)9(4-13(7)19)8(2)21-15-6-11(17)10(16)5-12(15)18/h3-6,8,21H,1-2H3. The highest BCUT2D eigenvalue weighted by Crippen LogP contribution is 2.34. The molecule has 0 aliphatic carbocycles. The highest BCUT2D eigenvalue weighted by atomic mass is 35.5. The monoisotopic (exact) mass is 349 g/mol. The summed E-state index contributed by atoms with van der Waals surface area (Å²) in [5.74, 6) is -0.939. The van der Waals surface area contributed by atoms with Crippen LogP contribution in [0, 0.1) is 18.6 Å². The maximum absolute atomic E-state index is 13.9. The Morgan fingerprint density at radius 3 is 2.19 bits per heavy atom. The molecule has 0 heterocycles. The lowest BCUT2D eigenvalue weighted by molar-refractivity contribution is 0.571. The van der Waals surface area contributed by atoms with Crippen molar-refractivity contribution in [2.24, 2.45) is 0 Å². The van der Waals surface area contributed by atoms with Crippen molar-refractivity contribution in [3.8, 4) is 0 Å². The third-order valence-electron chi connectivity index (χ3n) is 3.13. The first-order chi connectivity index (χ1) is 9.79. The highest BCUT2D eigenvalue weighted by Gasteiger charge is 2.15. The molecule has 0 bridgehead atoms. The van der Waals surface area contributed by atoms with E-state index in [1.807, 2.05) is 0 Å². The van der Waals surface area contributed by atoms with Crippen molar-refractivity contribution in [2.75, 3.05) is 5.32 Å². The van der Waals surface area contributed by atoms with Crippen LogP contribution in [-0.4, -0.2) is 0 Å². The molecule has 1 N–H and O–H groups in total. The van der Waals surface area contributed by atoms with Gasteiger partial charge in [-0.25, -0.2) is 8.78 Å². The third kappa shape index (κ3) is 3.60. The maximum Gasteiger partial charge on any atom is 0.128 e. The van der Waals surface area contributed by atoms with Crippen molar-refractivity contribution in [1.29, 1.82) is 0 Å². The Labute approximate surface area is 136 Å². The van der Waals surface area contributed by atoms with Crippen LogP contribution in [0.15, 0.2) is 24.3 Å². The van der Waals surface area contributed by atoms with E-state index in [2.05, 4.69) is 5.32 Å². The third-order valence-corrected chi connectivity index (χ3v) is 4.16. The van der Waals surface area contributed by atoms with Crippen LogP contribution in [0.5, 0.6) is 0 Å². The normalized spacial score (nSPS) is 12.3. The molecular formula is C15H12Cl3F2N. The van der Waals surface area contributed by atoms with Gasteiger partial charge >= 0.3 is 0 Å². The SMILES string of the molecule is Cc1cc(F)c(C(C)Nc2cc(Cl)c(Cl)cc2Cl)cc1F. The average Bonchev–Trinajstić information content (AvgIpc) is 2.40. The highest BCUT2D eigenvalue weighted by molar-refractivity contribution is 6.44. The second-order valence-corrected chi connectivity index (χ2v) is 5.96. The Morgan fingerprint density at radius 2 is 1.52 bits per heavy atom. The van der Waals surface area contributed by atoms with Gasteiger partial charge in [-0.3, -0.25) is 0 Å². The maximum atomic E-state index is 13.9. The fourth-order valence-electron chi connectivity index (χ4n) is 1.94. The van der Waals surface area contributed by atoms with Gasteiger partial charge in [-0.1, -0.05) is 34.8 Å². The summed E-state index contributed by atoms with van der Waals surface area (Å²) in [5.41, 5.74) is 0.968. The molecule has 1 atom stereocenters. The van der Waals surface area contributed by atoms with Crippen molar-refractivity contribution < 1.29 is 8.78 Å². The molecule has 0 aliphatic heterocycles. The molecule has 0 saturated carbocycles. The van der Waals surface area contributed by atoms with Crippen molar-refractivity contribution >= 4 is 40.5 Å². The minimum Gasteiger partial charge on any atom is -0.377 e. The van der Waals surface area contributed by atoms with E-state index in [9.17, 15) is 8.78 Å². The van der Waals surface area contributed by atoms with E-state index in [1.165, 1.54) is 25.1 Å². The van der Waals surface area contributed by atoms with Crippen molar-refractivity contribution in [2.45, 2.75) is 19.9 Å². The van der Waals surface area contributed by atoms with Crippen LogP contribution in [0.1, 0.15) is 24.1 Å². The molecule has 0 aromatic heterocycles. The van der Waals surface area contributed by atoms with Gasteiger partial charge in [-0.05, 0) is 43.7 Å². The molecule has 0 aliphatic rings. The summed E-state index contributed by atoms with van der Waals surface area (Å²) in [6.07, 6.45) is 0. The van der Waals surface area contributed by atoms with Crippen molar-refractivity contribution in [3.63, 3.8) is 0 Å². The molecule has 2 aromatic carbocycles. The van der Waals surface area contributed by atoms with Crippen LogP contribution in [-0.2, 0) is 0 Å². The minimum atomic E-state index is -0.491. The molecule has 2 aromatic rings. The van der Waals surface area contributed by atoms with Gasteiger partial charge in [0.15, 0.2) is 0 Å². The van der Waals surface area contributed by atoms with E-state index < -0.39 is 17.7 Å². The fraction of sp³-hybridized carbons (Fsp3) is 0.200. The minimum absolute atomic E-state index is 0.209. The summed E-state index contributed by atoms with van der Waals surface area (Å²) in [6.45, 7) is 3.21. The zero-order valence-corrected chi connectivity index (χ0v) is 13.5. The molecule has 0 spiro atoms. The number of anilines is 1. The van der Waals surface area contributed by atoms with E-state index in [-0.39, 0.29) is 11.1 Å². The van der Waals surface area contributed by atoms with Crippen LogP contribution in [0.4, 0.5) is 14.5 Å². The quantitative estimate of drug-likeness (QED) is 0.631. The molecule has 21 heavy (non-hydrogen) atoms. The Balaban J connectivity index is 2.32. The largest absolute Gasteiger partial charge is 0.377 e. The lowest BCUT2D eigenvalue weighted by Crippen LogP contribution is -2.10. The first-order valence-electron chi connectivity index (χ1n) is 6.16. The zero-order valence-electron chi connectivity index (χ0n) is 11.3. The predicted octanol–water partition coefficient (Wildman–Crippen LogP) is 6.41. The van der Waals surface area contributed by atoms with E-state index in [1.54, 1.807) is 13.0 Å². The van der Waals surface area contributed by atoms with Gasteiger partial charge in [0, 0.05) is 5.56 Å². The van der Waals surface area contributed by atoms with Gasteiger partial charge in [0.1, 0.15) is 11.6 Å². The molecular weight excluding hydrogens is 339 g/mol. The van der Waals surface area contributed by atoms with Crippen LogP contribution in [0.3, 0.4) is 0 Å². The second-order valence-electron chi connectivity index (χ2n) is 4.74. The Bertz CT molecular complexity index is 689. The first-order valence-corrected chi connectivity index (χ1v) is 7.29. The van der Waals surface area contributed by atoms with Crippen molar-refractivity contribution in [1.82, 2.24) is 0 Å². The predicted molar refractivity (Wildman–Crippen MR) is 84.6 cm³/mol.